The summed E-state index contributed by atoms with van der Waals surface area (Å²) in [5, 5.41) is 3.53. The Morgan fingerprint density at radius 1 is 1.33 bits per heavy atom. The first-order valence-electron chi connectivity index (χ1n) is 7.79. The van der Waals surface area contributed by atoms with Gasteiger partial charge < -0.3 is 11.1 Å². The number of aryl methyl sites for hydroxylation is 1. The number of carbonyl (C=O) groups excluding carboxylic acids is 1. The van der Waals surface area contributed by atoms with Crippen molar-refractivity contribution in [2.75, 3.05) is 11.1 Å². The molecule has 0 aliphatic carbocycles. The normalized spacial score (nSPS) is 20.3. The number of hydrogen-bond acceptors (Lipinski definition) is 5. The van der Waals surface area contributed by atoms with E-state index < -0.39 is 0 Å². The molecule has 1 aliphatic heterocycles. The van der Waals surface area contributed by atoms with E-state index in [4.69, 9.17) is 5.73 Å². The summed E-state index contributed by atoms with van der Waals surface area (Å²) in [5.74, 6) is 0.729. The van der Waals surface area contributed by atoms with Gasteiger partial charge >= 0.3 is 0 Å². The molecule has 0 spiro atoms. The molecule has 2 heterocycles. The number of nitrogens with two attached hydrogens (primary N) is 1. The van der Waals surface area contributed by atoms with Crippen LogP contribution < -0.4 is 11.1 Å². The van der Waals surface area contributed by atoms with E-state index in [0.29, 0.717) is 10.9 Å². The summed E-state index contributed by atoms with van der Waals surface area (Å²) in [6, 6.07) is 11.5. The van der Waals surface area contributed by atoms with Gasteiger partial charge in [-0.3, -0.25) is 14.8 Å². The van der Waals surface area contributed by atoms with Gasteiger partial charge in [0.1, 0.15) is 5.69 Å². The lowest BCUT2D eigenvalue weighted by Gasteiger charge is -2.30. The Morgan fingerprint density at radius 3 is 2.92 bits per heavy atom. The van der Waals surface area contributed by atoms with E-state index in [9.17, 15) is 4.79 Å². The fourth-order valence-electron chi connectivity index (χ4n) is 2.74. The fraction of sp³-hybridized carbons (Fsp3) is 0.278. The third-order valence-electron chi connectivity index (χ3n) is 4.16. The lowest BCUT2D eigenvalue weighted by molar-refractivity contribution is 0.102. The Bertz CT molecular complexity index is 805. The maximum absolute atomic E-state index is 12.4. The molecule has 0 radical (unpaired) electrons. The zero-order valence-electron chi connectivity index (χ0n) is 13.7. The van der Waals surface area contributed by atoms with Crippen LogP contribution >= 0.6 is 11.8 Å². The van der Waals surface area contributed by atoms with Crippen molar-refractivity contribution < 1.29 is 4.79 Å². The molecule has 0 saturated heterocycles. The third kappa shape index (κ3) is 3.43. The van der Waals surface area contributed by atoms with E-state index in [-0.39, 0.29) is 11.4 Å². The van der Waals surface area contributed by atoms with E-state index in [1.54, 1.807) is 18.0 Å². The molecule has 1 atom stereocenters. The molecular formula is C18H20N4OS. The fourth-order valence-corrected chi connectivity index (χ4v) is 3.71. The number of hydrogen-bond donors (Lipinski definition) is 2. The van der Waals surface area contributed by atoms with Gasteiger partial charge in [-0.25, -0.2) is 0 Å². The van der Waals surface area contributed by atoms with Crippen LogP contribution in [0.2, 0.25) is 0 Å². The summed E-state index contributed by atoms with van der Waals surface area (Å²) >= 11 is 1.58. The smallest absolute Gasteiger partial charge is 0.274 e. The van der Waals surface area contributed by atoms with Crippen LogP contribution in [0.15, 0.2) is 47.6 Å². The van der Waals surface area contributed by atoms with Crippen LogP contribution in [0.4, 0.5) is 5.69 Å². The second kappa shape index (κ2) is 6.65. The number of aromatic nitrogens is 1. The molecule has 6 heteroatoms. The average molecular weight is 340 g/mol. The lowest BCUT2D eigenvalue weighted by Crippen LogP contribution is -2.28. The Labute approximate surface area is 145 Å². The van der Waals surface area contributed by atoms with Gasteiger partial charge in [0.2, 0.25) is 0 Å². The van der Waals surface area contributed by atoms with Gasteiger partial charge in [0.15, 0.2) is 5.17 Å². The number of pyridine rings is 1. The van der Waals surface area contributed by atoms with Crippen molar-refractivity contribution in [2.45, 2.75) is 25.8 Å². The minimum Gasteiger partial charge on any atom is -0.379 e. The van der Waals surface area contributed by atoms with Crippen molar-refractivity contribution >= 4 is 28.5 Å². The zero-order chi connectivity index (χ0) is 17.2. The summed E-state index contributed by atoms with van der Waals surface area (Å²) in [7, 11) is 0. The van der Waals surface area contributed by atoms with Crippen LogP contribution in [0.25, 0.3) is 0 Å². The van der Waals surface area contributed by atoms with Gasteiger partial charge in [-0.1, -0.05) is 30.0 Å². The molecule has 3 rings (SSSR count). The van der Waals surface area contributed by atoms with Gasteiger partial charge in [0.05, 0.1) is 5.54 Å². The van der Waals surface area contributed by atoms with Gasteiger partial charge in [-0.15, -0.1) is 0 Å². The SMILES string of the molecule is Cc1cccnc1C(=O)Nc1cccc(C2(C)CCSC(N)=N2)c1. The quantitative estimate of drug-likeness (QED) is 0.898. The third-order valence-corrected chi connectivity index (χ3v) is 4.96. The number of nitrogens with zero attached hydrogens (tertiary/aromatic N) is 2. The topological polar surface area (TPSA) is 80.4 Å². The van der Waals surface area contributed by atoms with Gasteiger partial charge in [0.25, 0.3) is 5.91 Å². The summed E-state index contributed by atoms with van der Waals surface area (Å²) in [6.45, 7) is 3.94. The number of anilines is 1. The minimum atomic E-state index is -0.350. The van der Waals surface area contributed by atoms with Crippen molar-refractivity contribution in [1.29, 1.82) is 0 Å². The number of rotatable bonds is 3. The van der Waals surface area contributed by atoms with Crippen LogP contribution in [0, 0.1) is 6.92 Å². The number of aliphatic imine (C=N–C) groups is 1. The second-order valence-corrected chi connectivity index (χ2v) is 7.14. The average Bonchev–Trinajstić information content (AvgIpc) is 2.55. The first kappa shape index (κ1) is 16.5. The van der Waals surface area contributed by atoms with Crippen molar-refractivity contribution in [3.8, 4) is 0 Å². The molecule has 1 aromatic carbocycles. The molecule has 1 aromatic heterocycles. The number of amides is 1. The van der Waals surface area contributed by atoms with E-state index in [1.165, 1.54) is 0 Å². The van der Waals surface area contributed by atoms with Crippen molar-refractivity contribution in [3.05, 3.63) is 59.4 Å². The predicted molar refractivity (Wildman–Crippen MR) is 99.4 cm³/mol. The number of amidine groups is 1. The summed E-state index contributed by atoms with van der Waals surface area (Å²) < 4.78 is 0. The van der Waals surface area contributed by atoms with Crippen LogP contribution in [-0.2, 0) is 5.54 Å². The molecule has 0 fully saturated rings. The van der Waals surface area contributed by atoms with Gasteiger partial charge in [0, 0.05) is 17.6 Å². The summed E-state index contributed by atoms with van der Waals surface area (Å²) in [5.41, 5.74) is 8.60. The molecule has 3 N–H and O–H groups in total. The zero-order valence-corrected chi connectivity index (χ0v) is 14.6. The van der Waals surface area contributed by atoms with Crippen molar-refractivity contribution in [3.63, 3.8) is 0 Å². The molecule has 124 valence electrons. The molecule has 1 amide bonds. The highest BCUT2D eigenvalue weighted by Crippen LogP contribution is 2.35. The van der Waals surface area contributed by atoms with Crippen LogP contribution in [0.5, 0.6) is 0 Å². The Hall–Kier alpha value is -2.34. The lowest BCUT2D eigenvalue weighted by atomic mass is 9.89. The maximum atomic E-state index is 12.4. The first-order chi connectivity index (χ1) is 11.5. The van der Waals surface area contributed by atoms with Gasteiger partial charge in [-0.2, -0.15) is 0 Å². The Kier molecular flexibility index (Phi) is 4.57. The summed E-state index contributed by atoms with van der Waals surface area (Å²) in [4.78, 5) is 21.2. The first-order valence-corrected chi connectivity index (χ1v) is 8.78. The van der Waals surface area contributed by atoms with E-state index in [0.717, 1.165) is 29.0 Å². The molecule has 1 aliphatic rings. The summed E-state index contributed by atoms with van der Waals surface area (Å²) in [6.07, 6.45) is 2.53. The molecule has 5 nitrogen and oxygen atoms in total. The highest BCUT2D eigenvalue weighted by atomic mass is 32.2. The molecular weight excluding hydrogens is 320 g/mol. The Balaban J connectivity index is 1.85. The number of nitrogens with one attached hydrogen (secondary N) is 1. The highest BCUT2D eigenvalue weighted by molar-refractivity contribution is 8.13. The second-order valence-electron chi connectivity index (χ2n) is 6.03. The number of thioether (sulfide) groups is 1. The molecule has 1 unspecified atom stereocenters. The van der Waals surface area contributed by atoms with E-state index in [2.05, 4.69) is 22.2 Å². The largest absolute Gasteiger partial charge is 0.379 e. The van der Waals surface area contributed by atoms with Gasteiger partial charge in [-0.05, 0) is 49.6 Å². The highest BCUT2D eigenvalue weighted by Gasteiger charge is 2.29. The molecule has 24 heavy (non-hydrogen) atoms. The minimum absolute atomic E-state index is 0.211. The van der Waals surface area contributed by atoms with Crippen molar-refractivity contribution in [2.24, 2.45) is 10.7 Å². The van der Waals surface area contributed by atoms with E-state index >= 15 is 0 Å². The van der Waals surface area contributed by atoms with Crippen LogP contribution in [-0.4, -0.2) is 21.8 Å². The maximum Gasteiger partial charge on any atom is 0.274 e. The monoisotopic (exact) mass is 340 g/mol. The molecule has 2 aromatic rings. The van der Waals surface area contributed by atoms with Crippen LogP contribution in [0.1, 0.15) is 35.0 Å². The molecule has 0 saturated carbocycles. The van der Waals surface area contributed by atoms with Crippen molar-refractivity contribution in [1.82, 2.24) is 4.98 Å². The number of benzene rings is 1. The predicted octanol–water partition coefficient (Wildman–Crippen LogP) is 3.31. The molecule has 0 bridgehead atoms. The standard InChI is InChI=1S/C18H20N4OS/c1-12-5-4-9-20-15(12)16(23)21-14-7-3-6-13(11-14)18(2)8-10-24-17(19)22-18/h3-7,9,11H,8,10H2,1-2H3,(H2,19,22)(H,21,23). The number of carbonyl (C=O) groups is 1. The van der Waals surface area contributed by atoms with E-state index in [1.807, 2.05) is 43.3 Å². The Morgan fingerprint density at radius 2 is 2.17 bits per heavy atom. The van der Waals surface area contributed by atoms with Crippen LogP contribution in [0.3, 0.4) is 0 Å².